The molecule has 1 fully saturated rings. The summed E-state index contributed by atoms with van der Waals surface area (Å²) < 4.78 is 36.8. The summed E-state index contributed by atoms with van der Waals surface area (Å²) in [6, 6.07) is 0.0893. The summed E-state index contributed by atoms with van der Waals surface area (Å²) >= 11 is 0. The third-order valence-electron chi connectivity index (χ3n) is 2.99. The first-order valence-corrected chi connectivity index (χ1v) is 5.48. The molecular formula is C10H19F3N2. The molecule has 0 heterocycles. The van der Waals surface area contributed by atoms with Gasteiger partial charge in [-0.25, -0.2) is 0 Å². The zero-order chi connectivity index (χ0) is 11.5. The Kier molecular flexibility index (Phi) is 4.40. The maximum absolute atomic E-state index is 12.3. The van der Waals surface area contributed by atoms with E-state index in [-0.39, 0.29) is 12.1 Å². The second-order valence-electron chi connectivity index (χ2n) is 4.26. The summed E-state index contributed by atoms with van der Waals surface area (Å²) in [5.74, 6) is 0. The van der Waals surface area contributed by atoms with Crippen molar-refractivity contribution >= 4 is 0 Å². The molecule has 0 aliphatic heterocycles. The summed E-state index contributed by atoms with van der Waals surface area (Å²) in [4.78, 5) is 1.50. The maximum atomic E-state index is 12.3. The van der Waals surface area contributed by atoms with Gasteiger partial charge in [-0.05, 0) is 25.8 Å². The minimum atomic E-state index is -4.10. The predicted octanol–water partition coefficient (Wildman–Crippen LogP) is 2.14. The van der Waals surface area contributed by atoms with E-state index in [0.717, 1.165) is 19.3 Å². The van der Waals surface area contributed by atoms with Crippen molar-refractivity contribution in [2.24, 2.45) is 5.73 Å². The fraction of sp³-hybridized carbons (Fsp3) is 1.00. The molecule has 0 aromatic rings. The molecule has 2 nitrogen and oxygen atoms in total. The highest BCUT2D eigenvalue weighted by molar-refractivity contribution is 4.82. The van der Waals surface area contributed by atoms with Crippen molar-refractivity contribution in [3.63, 3.8) is 0 Å². The number of hydrogen-bond donors (Lipinski definition) is 1. The third kappa shape index (κ3) is 4.38. The molecule has 15 heavy (non-hydrogen) atoms. The van der Waals surface area contributed by atoms with Crippen molar-refractivity contribution in [2.45, 2.75) is 50.9 Å². The topological polar surface area (TPSA) is 29.3 Å². The first-order valence-electron chi connectivity index (χ1n) is 5.48. The molecule has 2 unspecified atom stereocenters. The normalized spacial score (nSPS) is 28.4. The lowest BCUT2D eigenvalue weighted by Crippen LogP contribution is -2.46. The average molecular weight is 224 g/mol. The van der Waals surface area contributed by atoms with Crippen LogP contribution in [-0.2, 0) is 0 Å². The minimum absolute atomic E-state index is 0.0142. The van der Waals surface area contributed by atoms with Crippen molar-refractivity contribution in [2.75, 3.05) is 13.1 Å². The highest BCUT2D eigenvalue weighted by atomic mass is 19.4. The maximum Gasteiger partial charge on any atom is 0.401 e. The van der Waals surface area contributed by atoms with Gasteiger partial charge in [-0.15, -0.1) is 0 Å². The van der Waals surface area contributed by atoms with Crippen molar-refractivity contribution in [3.8, 4) is 0 Å². The Labute approximate surface area is 88.6 Å². The molecule has 90 valence electrons. The van der Waals surface area contributed by atoms with Gasteiger partial charge in [-0.3, -0.25) is 4.90 Å². The van der Waals surface area contributed by atoms with Crippen molar-refractivity contribution < 1.29 is 13.2 Å². The van der Waals surface area contributed by atoms with Gasteiger partial charge in [-0.1, -0.05) is 13.3 Å². The Bertz CT molecular complexity index is 194. The molecule has 0 bridgehead atoms. The molecule has 2 N–H and O–H groups in total. The van der Waals surface area contributed by atoms with Crippen molar-refractivity contribution in [1.29, 1.82) is 0 Å². The Morgan fingerprint density at radius 2 is 2.00 bits per heavy atom. The lowest BCUT2D eigenvalue weighted by Gasteiger charge is -2.36. The molecule has 1 rings (SSSR count). The van der Waals surface area contributed by atoms with E-state index in [9.17, 15) is 13.2 Å². The van der Waals surface area contributed by atoms with Crippen LogP contribution < -0.4 is 5.73 Å². The first-order chi connectivity index (χ1) is 6.92. The van der Waals surface area contributed by atoms with Gasteiger partial charge in [0.2, 0.25) is 0 Å². The quantitative estimate of drug-likeness (QED) is 0.795. The second kappa shape index (κ2) is 5.16. The van der Waals surface area contributed by atoms with Crippen LogP contribution in [0.1, 0.15) is 32.6 Å². The zero-order valence-corrected chi connectivity index (χ0v) is 9.06. The monoisotopic (exact) mass is 224 g/mol. The SMILES string of the molecule is CCN(CC(F)(F)F)C1CCCC(N)C1. The van der Waals surface area contributed by atoms with Gasteiger partial charge < -0.3 is 5.73 Å². The van der Waals surface area contributed by atoms with Crippen LogP contribution in [0.5, 0.6) is 0 Å². The van der Waals surface area contributed by atoms with E-state index in [1.807, 2.05) is 0 Å². The zero-order valence-electron chi connectivity index (χ0n) is 9.06. The van der Waals surface area contributed by atoms with Gasteiger partial charge in [-0.2, -0.15) is 13.2 Å². The van der Waals surface area contributed by atoms with Gasteiger partial charge >= 0.3 is 6.18 Å². The molecule has 1 aliphatic rings. The molecule has 0 radical (unpaired) electrons. The van der Waals surface area contributed by atoms with E-state index < -0.39 is 12.7 Å². The van der Waals surface area contributed by atoms with E-state index in [1.165, 1.54) is 4.90 Å². The van der Waals surface area contributed by atoms with E-state index in [1.54, 1.807) is 6.92 Å². The smallest absolute Gasteiger partial charge is 0.328 e. The largest absolute Gasteiger partial charge is 0.401 e. The molecule has 2 atom stereocenters. The van der Waals surface area contributed by atoms with E-state index in [0.29, 0.717) is 13.0 Å². The van der Waals surface area contributed by atoms with Crippen LogP contribution in [0, 0.1) is 0 Å². The number of halogens is 3. The third-order valence-corrected chi connectivity index (χ3v) is 2.99. The van der Waals surface area contributed by atoms with Crippen LogP contribution in [0.2, 0.25) is 0 Å². The molecule has 1 saturated carbocycles. The Morgan fingerprint density at radius 1 is 1.33 bits per heavy atom. The Morgan fingerprint density at radius 3 is 2.47 bits per heavy atom. The fourth-order valence-electron chi connectivity index (χ4n) is 2.26. The van der Waals surface area contributed by atoms with Gasteiger partial charge in [0.15, 0.2) is 0 Å². The standard InChI is InChI=1S/C10H19F3N2/c1-2-15(7-10(11,12)13)9-5-3-4-8(14)6-9/h8-9H,2-7,14H2,1H3. The lowest BCUT2D eigenvalue weighted by atomic mass is 9.90. The average Bonchev–Trinajstić information content (AvgIpc) is 2.13. The molecule has 5 heteroatoms. The Hall–Kier alpha value is -0.290. The van der Waals surface area contributed by atoms with Gasteiger partial charge in [0.05, 0.1) is 6.54 Å². The van der Waals surface area contributed by atoms with Gasteiger partial charge in [0, 0.05) is 12.1 Å². The molecule has 1 aliphatic carbocycles. The number of hydrogen-bond acceptors (Lipinski definition) is 2. The second-order valence-corrected chi connectivity index (χ2v) is 4.26. The van der Waals surface area contributed by atoms with Crippen LogP contribution in [0.4, 0.5) is 13.2 Å². The summed E-state index contributed by atoms with van der Waals surface area (Å²) in [6.07, 6.45) is -0.667. The lowest BCUT2D eigenvalue weighted by molar-refractivity contribution is -0.151. The fourth-order valence-corrected chi connectivity index (χ4v) is 2.26. The summed E-state index contributed by atoms with van der Waals surface area (Å²) in [6.45, 7) is 1.41. The Balaban J connectivity index is 2.50. The number of alkyl halides is 3. The van der Waals surface area contributed by atoms with E-state index >= 15 is 0 Å². The minimum Gasteiger partial charge on any atom is -0.328 e. The summed E-state index contributed by atoms with van der Waals surface area (Å²) in [7, 11) is 0. The number of nitrogens with two attached hydrogens (primary N) is 1. The van der Waals surface area contributed by atoms with Gasteiger partial charge in [0.25, 0.3) is 0 Å². The molecule has 0 spiro atoms. The van der Waals surface area contributed by atoms with Crippen LogP contribution in [0.15, 0.2) is 0 Å². The van der Waals surface area contributed by atoms with Gasteiger partial charge in [0.1, 0.15) is 0 Å². The summed E-state index contributed by atoms with van der Waals surface area (Å²) in [5.41, 5.74) is 5.77. The van der Waals surface area contributed by atoms with Crippen LogP contribution in [-0.4, -0.2) is 36.2 Å². The molecule has 0 aromatic carbocycles. The molecule has 0 amide bonds. The van der Waals surface area contributed by atoms with Crippen LogP contribution in [0.25, 0.3) is 0 Å². The first kappa shape index (κ1) is 12.8. The molecular weight excluding hydrogens is 205 g/mol. The van der Waals surface area contributed by atoms with Crippen molar-refractivity contribution in [1.82, 2.24) is 4.90 Å². The summed E-state index contributed by atoms with van der Waals surface area (Å²) in [5, 5.41) is 0. The highest BCUT2D eigenvalue weighted by Gasteiger charge is 2.34. The van der Waals surface area contributed by atoms with E-state index in [4.69, 9.17) is 5.73 Å². The predicted molar refractivity (Wildman–Crippen MR) is 53.5 cm³/mol. The van der Waals surface area contributed by atoms with Crippen LogP contribution >= 0.6 is 0 Å². The highest BCUT2D eigenvalue weighted by Crippen LogP contribution is 2.25. The molecule has 0 aromatic heterocycles. The number of nitrogens with zero attached hydrogens (tertiary/aromatic N) is 1. The van der Waals surface area contributed by atoms with Crippen LogP contribution in [0.3, 0.4) is 0 Å². The number of rotatable bonds is 3. The van der Waals surface area contributed by atoms with E-state index in [2.05, 4.69) is 0 Å². The van der Waals surface area contributed by atoms with Crippen molar-refractivity contribution in [3.05, 3.63) is 0 Å². The molecule has 0 saturated heterocycles.